The van der Waals surface area contributed by atoms with Crippen LogP contribution in [0.3, 0.4) is 0 Å². The van der Waals surface area contributed by atoms with Gasteiger partial charge in [0.2, 0.25) is 0 Å². The lowest BCUT2D eigenvalue weighted by molar-refractivity contribution is -0.274. The third-order valence-corrected chi connectivity index (χ3v) is 5.88. The Labute approximate surface area is 191 Å². The number of aryl methyl sites for hydroxylation is 2. The van der Waals surface area contributed by atoms with Crippen LogP contribution >= 0.6 is 0 Å². The molecule has 5 rings (SSSR count). The summed E-state index contributed by atoms with van der Waals surface area (Å²) in [6.07, 6.45) is 0.267. The topological polar surface area (TPSA) is 74.3 Å². The van der Waals surface area contributed by atoms with Crippen LogP contribution < -0.4 is 10.3 Å². The summed E-state index contributed by atoms with van der Waals surface area (Å²) in [5, 5.41) is 0.561. The van der Waals surface area contributed by atoms with E-state index in [2.05, 4.69) is 9.72 Å². The van der Waals surface area contributed by atoms with E-state index in [1.165, 1.54) is 16.7 Å². The SMILES string of the molecule is Cc1cn(-c2ccc3n(c2=O)CCN(Cc2cn(C)c4ccc(OC(F)(F)F)cc24)C3=O)cn1. The van der Waals surface area contributed by atoms with Gasteiger partial charge in [0.25, 0.3) is 11.5 Å². The number of pyridine rings is 1. The minimum atomic E-state index is -4.79. The molecule has 1 aliphatic heterocycles. The van der Waals surface area contributed by atoms with Crippen LogP contribution in [-0.4, -0.2) is 42.4 Å². The van der Waals surface area contributed by atoms with Gasteiger partial charge in [0.05, 0.1) is 12.0 Å². The molecule has 1 aromatic carbocycles. The average molecular weight is 471 g/mol. The summed E-state index contributed by atoms with van der Waals surface area (Å²) in [4.78, 5) is 31.9. The highest BCUT2D eigenvalue weighted by molar-refractivity contribution is 5.94. The van der Waals surface area contributed by atoms with Crippen molar-refractivity contribution in [2.75, 3.05) is 6.54 Å². The van der Waals surface area contributed by atoms with Crippen LogP contribution in [0.1, 0.15) is 21.7 Å². The molecule has 0 N–H and O–H groups in total. The Bertz CT molecular complexity index is 1480. The van der Waals surface area contributed by atoms with Gasteiger partial charge in [-0.1, -0.05) is 0 Å². The highest BCUT2D eigenvalue weighted by Crippen LogP contribution is 2.30. The summed E-state index contributed by atoms with van der Waals surface area (Å²) in [7, 11) is 1.78. The summed E-state index contributed by atoms with van der Waals surface area (Å²) >= 11 is 0. The van der Waals surface area contributed by atoms with Gasteiger partial charge >= 0.3 is 6.36 Å². The van der Waals surface area contributed by atoms with Crippen molar-refractivity contribution in [3.8, 4) is 11.4 Å². The van der Waals surface area contributed by atoms with Crippen molar-refractivity contribution in [1.82, 2.24) is 23.6 Å². The summed E-state index contributed by atoms with van der Waals surface area (Å²) in [5.41, 5.74) is 2.53. The molecule has 0 spiro atoms. The molecular weight excluding hydrogens is 451 g/mol. The number of alkyl halides is 3. The van der Waals surface area contributed by atoms with E-state index in [0.717, 1.165) is 5.69 Å². The number of carbonyl (C=O) groups is 1. The number of rotatable bonds is 4. The molecule has 0 saturated heterocycles. The van der Waals surface area contributed by atoms with E-state index in [4.69, 9.17) is 0 Å². The van der Waals surface area contributed by atoms with E-state index in [1.54, 1.807) is 58.0 Å². The molecule has 0 fully saturated rings. The van der Waals surface area contributed by atoms with E-state index < -0.39 is 6.36 Å². The normalized spacial score (nSPS) is 14.0. The van der Waals surface area contributed by atoms with E-state index in [-0.39, 0.29) is 36.0 Å². The van der Waals surface area contributed by atoms with Crippen molar-refractivity contribution in [3.63, 3.8) is 0 Å². The molecule has 1 amide bonds. The molecule has 0 aliphatic carbocycles. The van der Waals surface area contributed by atoms with Crippen LogP contribution in [-0.2, 0) is 20.1 Å². The number of fused-ring (bicyclic) bond motifs is 2. The number of hydrogen-bond acceptors (Lipinski definition) is 4. The molecule has 0 atom stereocenters. The van der Waals surface area contributed by atoms with Crippen molar-refractivity contribution >= 4 is 16.8 Å². The minimum Gasteiger partial charge on any atom is -0.406 e. The maximum Gasteiger partial charge on any atom is 0.573 e. The van der Waals surface area contributed by atoms with Crippen LogP contribution in [0.15, 0.2) is 53.8 Å². The molecule has 11 heteroatoms. The zero-order valence-corrected chi connectivity index (χ0v) is 18.3. The molecule has 3 aromatic heterocycles. The Balaban J connectivity index is 1.45. The van der Waals surface area contributed by atoms with E-state index in [1.807, 2.05) is 6.92 Å². The lowest BCUT2D eigenvalue weighted by Crippen LogP contribution is -2.44. The molecule has 4 aromatic rings. The van der Waals surface area contributed by atoms with Gasteiger partial charge in [0, 0.05) is 50.0 Å². The highest BCUT2D eigenvalue weighted by atomic mass is 19.4. The van der Waals surface area contributed by atoms with Crippen molar-refractivity contribution in [3.05, 3.63) is 76.4 Å². The quantitative estimate of drug-likeness (QED) is 0.458. The fourth-order valence-electron chi connectivity index (χ4n) is 4.34. The first-order valence-electron chi connectivity index (χ1n) is 10.5. The van der Waals surface area contributed by atoms with Gasteiger partial charge in [0.1, 0.15) is 17.1 Å². The first kappa shape index (κ1) is 21.8. The highest BCUT2D eigenvalue weighted by Gasteiger charge is 2.31. The van der Waals surface area contributed by atoms with Gasteiger partial charge in [-0.15, -0.1) is 13.2 Å². The Hall–Kier alpha value is -4.02. The Morgan fingerprint density at radius 1 is 1.09 bits per heavy atom. The second kappa shape index (κ2) is 7.79. The monoisotopic (exact) mass is 471 g/mol. The average Bonchev–Trinajstić information content (AvgIpc) is 3.32. The number of amides is 1. The summed E-state index contributed by atoms with van der Waals surface area (Å²) in [6, 6.07) is 7.33. The molecule has 8 nitrogen and oxygen atoms in total. The van der Waals surface area contributed by atoms with Crippen molar-refractivity contribution in [2.45, 2.75) is 26.4 Å². The Kier molecular flexibility index (Phi) is 4.99. The fraction of sp³-hybridized carbons (Fsp3) is 0.261. The number of hydrogen-bond donors (Lipinski definition) is 0. The predicted octanol–water partition coefficient (Wildman–Crippen LogP) is 3.39. The van der Waals surface area contributed by atoms with Crippen molar-refractivity contribution in [2.24, 2.45) is 7.05 Å². The van der Waals surface area contributed by atoms with Crippen molar-refractivity contribution in [1.29, 1.82) is 0 Å². The maximum atomic E-state index is 13.2. The molecule has 0 saturated carbocycles. The van der Waals surface area contributed by atoms with Crippen LogP contribution in [0.4, 0.5) is 13.2 Å². The number of benzene rings is 1. The fourth-order valence-corrected chi connectivity index (χ4v) is 4.34. The van der Waals surface area contributed by atoms with Crippen LogP contribution in [0.25, 0.3) is 16.6 Å². The number of ether oxygens (including phenoxy) is 1. The van der Waals surface area contributed by atoms with Crippen LogP contribution in [0.2, 0.25) is 0 Å². The van der Waals surface area contributed by atoms with Crippen LogP contribution in [0, 0.1) is 6.92 Å². The summed E-state index contributed by atoms with van der Waals surface area (Å²) < 4.78 is 46.9. The van der Waals surface area contributed by atoms with Gasteiger partial charge in [-0.2, -0.15) is 0 Å². The second-order valence-corrected chi connectivity index (χ2v) is 8.20. The summed E-state index contributed by atoms with van der Waals surface area (Å²) in [6.45, 7) is 2.59. The lowest BCUT2D eigenvalue weighted by Gasteiger charge is -2.29. The number of nitrogens with zero attached hydrogens (tertiary/aromatic N) is 5. The maximum absolute atomic E-state index is 13.2. The molecule has 1 aliphatic rings. The Morgan fingerprint density at radius 3 is 2.59 bits per heavy atom. The lowest BCUT2D eigenvalue weighted by atomic mass is 10.1. The molecule has 4 heterocycles. The van der Waals surface area contributed by atoms with Crippen LogP contribution in [0.5, 0.6) is 5.75 Å². The molecule has 0 bridgehead atoms. The standard InChI is InChI=1S/C23H20F3N5O3/c1-14-10-30(13-27-14)19-5-6-20-21(32)29(7-8-31(20)22(19)33)12-15-11-28(2)18-4-3-16(9-17(15)18)34-23(24,25)26/h3-6,9-11,13H,7-8,12H2,1-2H3. The molecule has 0 radical (unpaired) electrons. The van der Waals surface area contributed by atoms with Gasteiger partial charge in [0.15, 0.2) is 0 Å². The number of carbonyl (C=O) groups excluding carboxylic acids is 1. The minimum absolute atomic E-state index is 0.183. The molecular formula is C23H20F3N5O3. The zero-order valence-electron chi connectivity index (χ0n) is 18.3. The second-order valence-electron chi connectivity index (χ2n) is 8.20. The van der Waals surface area contributed by atoms with E-state index >= 15 is 0 Å². The zero-order chi connectivity index (χ0) is 24.2. The molecule has 34 heavy (non-hydrogen) atoms. The van der Waals surface area contributed by atoms with E-state index in [9.17, 15) is 22.8 Å². The van der Waals surface area contributed by atoms with Gasteiger partial charge < -0.3 is 23.3 Å². The number of halogens is 3. The number of aromatic nitrogens is 4. The third kappa shape index (κ3) is 3.82. The van der Waals surface area contributed by atoms with E-state index in [0.29, 0.717) is 28.7 Å². The van der Waals surface area contributed by atoms with Crippen molar-refractivity contribution < 1.29 is 22.7 Å². The van der Waals surface area contributed by atoms with Gasteiger partial charge in [-0.3, -0.25) is 9.59 Å². The first-order valence-corrected chi connectivity index (χ1v) is 10.5. The van der Waals surface area contributed by atoms with Gasteiger partial charge in [-0.25, -0.2) is 4.98 Å². The van der Waals surface area contributed by atoms with Gasteiger partial charge in [-0.05, 0) is 42.8 Å². The predicted molar refractivity (Wildman–Crippen MR) is 117 cm³/mol. The third-order valence-electron chi connectivity index (χ3n) is 5.88. The smallest absolute Gasteiger partial charge is 0.406 e. The summed E-state index contributed by atoms with van der Waals surface area (Å²) in [5.74, 6) is -0.645. The largest absolute Gasteiger partial charge is 0.573 e. The number of imidazole rings is 1. The Morgan fingerprint density at radius 2 is 1.88 bits per heavy atom. The molecule has 0 unspecified atom stereocenters. The first-order chi connectivity index (χ1) is 16.1. The molecule has 176 valence electrons.